The third-order valence-corrected chi connectivity index (χ3v) is 6.07. The molecule has 4 rings (SSSR count). The van der Waals surface area contributed by atoms with Gasteiger partial charge in [0, 0.05) is 31.4 Å². The number of nitrogens with zero attached hydrogens (tertiary/aromatic N) is 3. The topological polar surface area (TPSA) is 58.1 Å². The van der Waals surface area contributed by atoms with Gasteiger partial charge in [-0.3, -0.25) is 9.78 Å². The van der Waals surface area contributed by atoms with E-state index in [4.69, 9.17) is 0 Å². The van der Waals surface area contributed by atoms with Crippen molar-refractivity contribution in [3.63, 3.8) is 0 Å². The average molecular weight is 364 g/mol. The van der Waals surface area contributed by atoms with E-state index in [2.05, 4.69) is 44.5 Å². The van der Waals surface area contributed by atoms with E-state index in [9.17, 15) is 4.79 Å². The van der Waals surface area contributed by atoms with Gasteiger partial charge in [0.1, 0.15) is 5.82 Å². The number of piperidine rings is 1. The van der Waals surface area contributed by atoms with Gasteiger partial charge in [0.15, 0.2) is 0 Å². The van der Waals surface area contributed by atoms with Crippen molar-refractivity contribution < 1.29 is 4.79 Å². The molecule has 1 atom stereocenters. The molecule has 0 radical (unpaired) electrons. The van der Waals surface area contributed by atoms with Gasteiger partial charge >= 0.3 is 0 Å². The molecule has 1 N–H and O–H groups in total. The first-order valence-electron chi connectivity index (χ1n) is 10.2. The maximum Gasteiger partial charge on any atom is 0.223 e. The van der Waals surface area contributed by atoms with E-state index in [1.54, 1.807) is 18.6 Å². The molecule has 5 heteroatoms. The van der Waals surface area contributed by atoms with Gasteiger partial charge in [0.25, 0.3) is 0 Å². The molecule has 0 spiro atoms. The van der Waals surface area contributed by atoms with Crippen molar-refractivity contribution in [2.45, 2.75) is 44.6 Å². The third-order valence-electron chi connectivity index (χ3n) is 6.07. The van der Waals surface area contributed by atoms with Gasteiger partial charge in [-0.2, -0.15) is 0 Å². The average Bonchev–Trinajstić information content (AvgIpc) is 3.28. The summed E-state index contributed by atoms with van der Waals surface area (Å²) in [4.78, 5) is 23.8. The fourth-order valence-electron chi connectivity index (χ4n) is 4.52. The lowest BCUT2D eigenvalue weighted by Gasteiger charge is -2.33. The molecule has 2 aliphatic rings. The van der Waals surface area contributed by atoms with Crippen LogP contribution in [0.2, 0.25) is 0 Å². The minimum absolute atomic E-state index is 0.0885. The second-order valence-electron chi connectivity index (χ2n) is 7.77. The molecule has 2 aromatic rings. The summed E-state index contributed by atoms with van der Waals surface area (Å²) in [5, 5.41) is 3.41. The fourth-order valence-corrected chi connectivity index (χ4v) is 4.52. The molecule has 1 aliphatic carbocycles. The molecule has 142 valence electrons. The molecule has 0 bridgehead atoms. The molecule has 1 aromatic carbocycles. The van der Waals surface area contributed by atoms with Gasteiger partial charge in [-0.05, 0) is 37.2 Å². The number of nitrogens with one attached hydrogen (secondary N) is 1. The van der Waals surface area contributed by atoms with E-state index in [0.717, 1.165) is 31.7 Å². The molecule has 5 nitrogen and oxygen atoms in total. The Kier molecular flexibility index (Phi) is 5.66. The van der Waals surface area contributed by atoms with E-state index < -0.39 is 0 Å². The third kappa shape index (κ3) is 4.29. The Balaban J connectivity index is 1.38. The number of anilines is 1. The first kappa shape index (κ1) is 18.0. The molecule has 1 unspecified atom stereocenters. The van der Waals surface area contributed by atoms with Gasteiger partial charge in [0.2, 0.25) is 5.91 Å². The number of carbonyl (C=O) groups excluding carboxylic acids is 1. The minimum atomic E-state index is 0.0885. The Bertz CT molecular complexity index is 722. The zero-order valence-corrected chi connectivity index (χ0v) is 15.8. The molecular formula is C22H28N4O. The normalized spacial score (nSPS) is 19.8. The number of carbonyl (C=O) groups is 1. The fraction of sp³-hybridized carbons (Fsp3) is 0.500. The van der Waals surface area contributed by atoms with Crippen LogP contribution in [0.5, 0.6) is 0 Å². The second-order valence-corrected chi connectivity index (χ2v) is 7.77. The van der Waals surface area contributed by atoms with Crippen molar-refractivity contribution in [2.24, 2.45) is 11.8 Å². The summed E-state index contributed by atoms with van der Waals surface area (Å²) >= 11 is 0. The highest BCUT2D eigenvalue weighted by atomic mass is 16.2. The van der Waals surface area contributed by atoms with Crippen molar-refractivity contribution in [1.82, 2.24) is 15.3 Å². The Morgan fingerprint density at radius 1 is 1.04 bits per heavy atom. The second kappa shape index (κ2) is 8.51. The Morgan fingerprint density at radius 3 is 2.44 bits per heavy atom. The van der Waals surface area contributed by atoms with Crippen LogP contribution in [0.25, 0.3) is 0 Å². The first-order valence-corrected chi connectivity index (χ1v) is 10.2. The number of aromatic nitrogens is 2. The number of hydrogen-bond donors (Lipinski definition) is 1. The van der Waals surface area contributed by atoms with E-state index in [1.165, 1.54) is 31.2 Å². The van der Waals surface area contributed by atoms with Crippen LogP contribution in [-0.2, 0) is 4.79 Å². The summed E-state index contributed by atoms with van der Waals surface area (Å²) in [5.41, 5.74) is 1.25. The van der Waals surface area contributed by atoms with E-state index in [1.807, 2.05) is 6.07 Å². The summed E-state index contributed by atoms with van der Waals surface area (Å²) in [6.45, 7) is 1.71. The monoisotopic (exact) mass is 364 g/mol. The molecule has 2 heterocycles. The number of benzene rings is 1. The van der Waals surface area contributed by atoms with Crippen LogP contribution in [0.1, 0.15) is 50.1 Å². The standard InChI is InChI=1S/C22H28N4O/c27-22(19-10-14-26(15-11-19)20-16-23-12-13-24-20)25-21(18-8-4-5-9-18)17-6-2-1-3-7-17/h1-3,6-7,12-13,16,18-19,21H,4-5,8-11,14-15H2,(H,25,27). The van der Waals surface area contributed by atoms with Crippen molar-refractivity contribution in [3.05, 3.63) is 54.5 Å². The van der Waals surface area contributed by atoms with Crippen LogP contribution >= 0.6 is 0 Å². The van der Waals surface area contributed by atoms with Crippen LogP contribution < -0.4 is 10.2 Å². The molecular weight excluding hydrogens is 336 g/mol. The van der Waals surface area contributed by atoms with Crippen LogP contribution in [0.3, 0.4) is 0 Å². The highest BCUT2D eigenvalue weighted by molar-refractivity contribution is 5.79. The first-order chi connectivity index (χ1) is 13.3. The van der Waals surface area contributed by atoms with Crippen LogP contribution in [-0.4, -0.2) is 29.0 Å². The number of hydrogen-bond acceptors (Lipinski definition) is 4. The maximum absolute atomic E-state index is 13.0. The predicted molar refractivity (Wildman–Crippen MR) is 106 cm³/mol. The molecule has 27 heavy (non-hydrogen) atoms. The van der Waals surface area contributed by atoms with Gasteiger partial charge in [-0.15, -0.1) is 0 Å². The van der Waals surface area contributed by atoms with E-state index in [0.29, 0.717) is 5.92 Å². The maximum atomic E-state index is 13.0. The Hall–Kier alpha value is -2.43. The largest absolute Gasteiger partial charge is 0.355 e. The van der Waals surface area contributed by atoms with Gasteiger partial charge < -0.3 is 10.2 Å². The number of rotatable bonds is 5. The van der Waals surface area contributed by atoms with Crippen LogP contribution in [0, 0.1) is 11.8 Å². The van der Waals surface area contributed by atoms with Crippen molar-refractivity contribution in [3.8, 4) is 0 Å². The zero-order chi connectivity index (χ0) is 18.5. The lowest BCUT2D eigenvalue weighted by atomic mass is 9.89. The highest BCUT2D eigenvalue weighted by Crippen LogP contribution is 2.36. The summed E-state index contributed by atoms with van der Waals surface area (Å²) < 4.78 is 0. The summed E-state index contributed by atoms with van der Waals surface area (Å²) in [6, 6.07) is 10.6. The Morgan fingerprint density at radius 2 is 1.78 bits per heavy atom. The van der Waals surface area contributed by atoms with Gasteiger partial charge in [-0.1, -0.05) is 43.2 Å². The van der Waals surface area contributed by atoms with Crippen LogP contribution in [0.15, 0.2) is 48.9 Å². The lowest BCUT2D eigenvalue weighted by molar-refractivity contribution is -0.126. The molecule has 1 amide bonds. The quantitative estimate of drug-likeness (QED) is 0.878. The van der Waals surface area contributed by atoms with Crippen LogP contribution in [0.4, 0.5) is 5.82 Å². The van der Waals surface area contributed by atoms with Crippen molar-refractivity contribution in [1.29, 1.82) is 0 Å². The lowest BCUT2D eigenvalue weighted by Crippen LogP contribution is -2.43. The summed E-state index contributed by atoms with van der Waals surface area (Å²) in [7, 11) is 0. The van der Waals surface area contributed by atoms with Gasteiger partial charge in [-0.25, -0.2) is 4.98 Å². The van der Waals surface area contributed by atoms with Crippen molar-refractivity contribution in [2.75, 3.05) is 18.0 Å². The Labute approximate surface area is 161 Å². The van der Waals surface area contributed by atoms with Gasteiger partial charge in [0.05, 0.1) is 12.2 Å². The molecule has 1 saturated heterocycles. The van der Waals surface area contributed by atoms with E-state index >= 15 is 0 Å². The zero-order valence-electron chi connectivity index (χ0n) is 15.8. The molecule has 1 aliphatic heterocycles. The molecule has 1 aromatic heterocycles. The SMILES string of the molecule is O=C(NC(c1ccccc1)C1CCCC1)C1CCN(c2cnccn2)CC1. The van der Waals surface area contributed by atoms with Crippen molar-refractivity contribution >= 4 is 11.7 Å². The van der Waals surface area contributed by atoms with E-state index in [-0.39, 0.29) is 17.9 Å². The predicted octanol–water partition coefficient (Wildman–Crippen LogP) is 3.74. The minimum Gasteiger partial charge on any atom is -0.355 e. The smallest absolute Gasteiger partial charge is 0.223 e. The molecule has 2 fully saturated rings. The number of amides is 1. The highest BCUT2D eigenvalue weighted by Gasteiger charge is 2.31. The summed E-state index contributed by atoms with van der Waals surface area (Å²) in [6.07, 6.45) is 11.9. The summed E-state index contributed by atoms with van der Waals surface area (Å²) in [5.74, 6) is 1.78. The molecule has 1 saturated carbocycles.